The standard InChI is InChI=1S/C23H27BFNO5/c1-13(2)19-18(10-7-16-12-31-24(29)20(16)19)22(27)26-21(14(3)4)23(28)30-11-15-5-8-17(25)9-6-15/h5-10,13-14,21,29H,11-12H2,1-4H3,(H,26,27). The summed E-state index contributed by atoms with van der Waals surface area (Å²) >= 11 is 0. The Labute approximate surface area is 181 Å². The molecule has 31 heavy (non-hydrogen) atoms. The molecule has 2 aromatic carbocycles. The number of hydrogen-bond donors (Lipinski definition) is 2. The maximum Gasteiger partial charge on any atom is 0.492 e. The molecule has 0 aromatic heterocycles. The molecule has 1 aliphatic rings. The van der Waals surface area contributed by atoms with Gasteiger partial charge in [-0.05, 0) is 52.2 Å². The van der Waals surface area contributed by atoms with Gasteiger partial charge in [-0.15, -0.1) is 0 Å². The molecule has 6 nitrogen and oxygen atoms in total. The van der Waals surface area contributed by atoms with Crippen molar-refractivity contribution in [3.05, 3.63) is 64.5 Å². The molecule has 0 saturated carbocycles. The van der Waals surface area contributed by atoms with Gasteiger partial charge in [0.25, 0.3) is 5.91 Å². The molecule has 1 aliphatic heterocycles. The molecule has 8 heteroatoms. The second kappa shape index (κ2) is 9.62. The zero-order chi connectivity index (χ0) is 22.7. The Bertz CT molecular complexity index is 961. The number of benzene rings is 2. The van der Waals surface area contributed by atoms with E-state index in [-0.39, 0.29) is 24.3 Å². The molecule has 164 valence electrons. The van der Waals surface area contributed by atoms with Crippen LogP contribution in [0.1, 0.15) is 60.7 Å². The third kappa shape index (κ3) is 5.14. The summed E-state index contributed by atoms with van der Waals surface area (Å²) in [5.74, 6) is -1.59. The molecule has 0 radical (unpaired) electrons. The van der Waals surface area contributed by atoms with Gasteiger partial charge in [-0.2, -0.15) is 0 Å². The molecule has 0 spiro atoms. The molecule has 0 aliphatic carbocycles. The summed E-state index contributed by atoms with van der Waals surface area (Å²) in [6.07, 6.45) is 0. The lowest BCUT2D eigenvalue weighted by Gasteiger charge is -2.23. The predicted molar refractivity (Wildman–Crippen MR) is 115 cm³/mol. The van der Waals surface area contributed by atoms with Crippen molar-refractivity contribution in [3.63, 3.8) is 0 Å². The number of halogens is 1. The van der Waals surface area contributed by atoms with Crippen LogP contribution in [-0.2, 0) is 27.4 Å². The molecular weight excluding hydrogens is 400 g/mol. The topological polar surface area (TPSA) is 84.9 Å². The fourth-order valence-corrected chi connectivity index (χ4v) is 3.71. The maximum absolute atomic E-state index is 13.1. The average molecular weight is 427 g/mol. The predicted octanol–water partition coefficient (Wildman–Crippen LogP) is 2.66. The monoisotopic (exact) mass is 427 g/mol. The average Bonchev–Trinajstić information content (AvgIpc) is 3.11. The quantitative estimate of drug-likeness (QED) is 0.525. The number of fused-ring (bicyclic) bond motifs is 1. The number of carbonyl (C=O) groups is 2. The summed E-state index contributed by atoms with van der Waals surface area (Å²) in [6.45, 7) is 7.78. The Morgan fingerprint density at radius 1 is 1.16 bits per heavy atom. The molecule has 1 amide bonds. The summed E-state index contributed by atoms with van der Waals surface area (Å²) in [5, 5.41) is 13.0. The Morgan fingerprint density at radius 3 is 2.45 bits per heavy atom. The van der Waals surface area contributed by atoms with Gasteiger partial charge in [0.15, 0.2) is 0 Å². The van der Waals surface area contributed by atoms with Gasteiger partial charge < -0.3 is 19.7 Å². The summed E-state index contributed by atoms with van der Waals surface area (Å²) in [6, 6.07) is 8.28. The Morgan fingerprint density at radius 2 is 1.84 bits per heavy atom. The van der Waals surface area contributed by atoms with Crippen LogP contribution in [0.3, 0.4) is 0 Å². The van der Waals surface area contributed by atoms with E-state index in [2.05, 4.69) is 5.32 Å². The highest BCUT2D eigenvalue weighted by molar-refractivity contribution is 6.62. The minimum absolute atomic E-state index is 0.0160. The van der Waals surface area contributed by atoms with Crippen LogP contribution in [0.4, 0.5) is 4.39 Å². The van der Waals surface area contributed by atoms with Crippen molar-refractivity contribution in [3.8, 4) is 0 Å². The number of carbonyl (C=O) groups excluding carboxylic acids is 2. The minimum atomic E-state index is -1.07. The third-order valence-electron chi connectivity index (χ3n) is 5.34. The van der Waals surface area contributed by atoms with Crippen molar-refractivity contribution < 1.29 is 28.4 Å². The molecular formula is C23H27BFNO5. The molecule has 0 bridgehead atoms. The second-order valence-electron chi connectivity index (χ2n) is 8.35. The molecule has 1 unspecified atom stereocenters. The SMILES string of the molecule is CC(C)c1c(C(=O)NC(C(=O)OCc2ccc(F)cc2)C(C)C)ccc2c1B(O)OC2. The normalized spacial score (nSPS) is 14.0. The first-order chi connectivity index (χ1) is 14.7. The number of hydrogen-bond acceptors (Lipinski definition) is 5. The number of esters is 1. The number of ether oxygens (including phenoxy) is 1. The zero-order valence-electron chi connectivity index (χ0n) is 18.1. The van der Waals surface area contributed by atoms with Crippen LogP contribution in [0.2, 0.25) is 0 Å². The van der Waals surface area contributed by atoms with Crippen molar-refractivity contribution in [2.45, 2.75) is 52.9 Å². The maximum atomic E-state index is 13.1. The third-order valence-corrected chi connectivity index (χ3v) is 5.34. The fourth-order valence-electron chi connectivity index (χ4n) is 3.71. The van der Waals surface area contributed by atoms with Gasteiger partial charge >= 0.3 is 13.1 Å². The van der Waals surface area contributed by atoms with E-state index >= 15 is 0 Å². The van der Waals surface area contributed by atoms with Gasteiger partial charge in [0.05, 0.1) is 6.61 Å². The first-order valence-corrected chi connectivity index (χ1v) is 10.4. The zero-order valence-corrected chi connectivity index (χ0v) is 18.1. The van der Waals surface area contributed by atoms with Crippen molar-refractivity contribution in [1.29, 1.82) is 0 Å². The van der Waals surface area contributed by atoms with Crippen molar-refractivity contribution >= 4 is 24.5 Å². The van der Waals surface area contributed by atoms with Crippen LogP contribution in [-0.4, -0.2) is 30.1 Å². The van der Waals surface area contributed by atoms with Gasteiger partial charge in [-0.25, -0.2) is 9.18 Å². The molecule has 0 saturated heterocycles. The minimum Gasteiger partial charge on any atom is -0.459 e. The molecule has 2 aromatic rings. The van der Waals surface area contributed by atoms with Crippen LogP contribution in [0.5, 0.6) is 0 Å². The first-order valence-electron chi connectivity index (χ1n) is 10.4. The number of amides is 1. The van der Waals surface area contributed by atoms with Crippen molar-refractivity contribution in [1.82, 2.24) is 5.32 Å². The summed E-state index contributed by atoms with van der Waals surface area (Å²) in [4.78, 5) is 25.8. The summed E-state index contributed by atoms with van der Waals surface area (Å²) < 4.78 is 23.7. The van der Waals surface area contributed by atoms with Crippen LogP contribution in [0.25, 0.3) is 0 Å². The summed E-state index contributed by atoms with van der Waals surface area (Å²) in [7, 11) is -1.07. The van der Waals surface area contributed by atoms with Gasteiger partial charge in [-0.3, -0.25) is 4.79 Å². The number of rotatable bonds is 7. The Hall–Kier alpha value is -2.71. The smallest absolute Gasteiger partial charge is 0.459 e. The molecule has 3 rings (SSSR count). The molecule has 0 fully saturated rings. The highest BCUT2D eigenvalue weighted by Gasteiger charge is 2.34. The molecule has 1 heterocycles. The van der Waals surface area contributed by atoms with Gasteiger partial charge in [-0.1, -0.05) is 45.9 Å². The van der Waals surface area contributed by atoms with Crippen molar-refractivity contribution in [2.75, 3.05) is 0 Å². The van der Waals surface area contributed by atoms with E-state index in [4.69, 9.17) is 9.39 Å². The summed E-state index contributed by atoms with van der Waals surface area (Å²) in [5.41, 5.74) is 3.24. The van der Waals surface area contributed by atoms with Crippen LogP contribution in [0.15, 0.2) is 36.4 Å². The molecule has 2 N–H and O–H groups in total. The van der Waals surface area contributed by atoms with Crippen LogP contribution in [0, 0.1) is 11.7 Å². The Kier molecular flexibility index (Phi) is 7.13. The van der Waals surface area contributed by atoms with E-state index in [1.165, 1.54) is 12.1 Å². The lowest BCUT2D eigenvalue weighted by molar-refractivity contribution is -0.148. The van der Waals surface area contributed by atoms with Crippen molar-refractivity contribution in [2.24, 2.45) is 5.92 Å². The van der Waals surface area contributed by atoms with E-state index in [0.717, 1.165) is 5.56 Å². The number of nitrogens with one attached hydrogen (secondary N) is 1. The Balaban J connectivity index is 1.77. The second-order valence-corrected chi connectivity index (χ2v) is 8.35. The lowest BCUT2D eigenvalue weighted by atomic mass is 9.72. The largest absolute Gasteiger partial charge is 0.492 e. The van der Waals surface area contributed by atoms with Gasteiger partial charge in [0.1, 0.15) is 18.5 Å². The van der Waals surface area contributed by atoms with E-state index in [0.29, 0.717) is 28.8 Å². The lowest BCUT2D eigenvalue weighted by Crippen LogP contribution is -2.46. The highest BCUT2D eigenvalue weighted by atomic mass is 19.1. The molecule has 1 atom stereocenters. The van der Waals surface area contributed by atoms with Crippen LogP contribution < -0.4 is 10.8 Å². The van der Waals surface area contributed by atoms with E-state index in [1.54, 1.807) is 24.3 Å². The van der Waals surface area contributed by atoms with Gasteiger partial charge in [0.2, 0.25) is 0 Å². The first kappa shape index (κ1) is 23.0. The van der Waals surface area contributed by atoms with Crippen LogP contribution >= 0.6 is 0 Å². The van der Waals surface area contributed by atoms with Gasteiger partial charge in [0, 0.05) is 5.56 Å². The van der Waals surface area contributed by atoms with E-state index in [9.17, 15) is 19.0 Å². The van der Waals surface area contributed by atoms with E-state index in [1.807, 2.05) is 27.7 Å². The van der Waals surface area contributed by atoms with E-state index < -0.39 is 25.0 Å². The highest BCUT2D eigenvalue weighted by Crippen LogP contribution is 2.24. The fraction of sp³-hybridized carbons (Fsp3) is 0.391.